The number of nitrogens with zero attached hydrogens (tertiary/aromatic N) is 1. The molecule has 0 unspecified atom stereocenters. The Bertz CT molecular complexity index is 986. The number of hydrogen-bond donors (Lipinski definition) is 1. The number of fused-ring (bicyclic) bond motifs is 1. The summed E-state index contributed by atoms with van der Waals surface area (Å²) in [4.78, 5) is 15.1. The minimum Gasteiger partial charge on any atom is -0.496 e. The van der Waals surface area contributed by atoms with Crippen LogP contribution in [0.3, 0.4) is 0 Å². The van der Waals surface area contributed by atoms with Crippen LogP contribution in [0.2, 0.25) is 0 Å². The molecular formula is C28H38N2O4. The molecule has 0 bridgehead atoms. The first-order valence-corrected chi connectivity index (χ1v) is 12.2. The number of para-hydroxylation sites is 1. The molecule has 0 saturated carbocycles. The van der Waals surface area contributed by atoms with Crippen LogP contribution in [0.25, 0.3) is 6.08 Å². The Balaban J connectivity index is 1.41. The fourth-order valence-electron chi connectivity index (χ4n) is 4.37. The van der Waals surface area contributed by atoms with Crippen LogP contribution in [-0.2, 0) is 17.8 Å². The molecule has 184 valence electrons. The Morgan fingerprint density at radius 2 is 1.68 bits per heavy atom. The van der Waals surface area contributed by atoms with E-state index < -0.39 is 0 Å². The molecule has 0 saturated heterocycles. The van der Waals surface area contributed by atoms with Gasteiger partial charge in [-0.1, -0.05) is 31.5 Å². The van der Waals surface area contributed by atoms with E-state index in [9.17, 15) is 4.79 Å². The number of carbonyl (C=O) groups is 1. The molecule has 1 aliphatic rings. The fourth-order valence-corrected chi connectivity index (χ4v) is 4.37. The number of rotatable bonds is 13. The lowest BCUT2D eigenvalue weighted by atomic mass is 9.91. The second-order valence-corrected chi connectivity index (χ2v) is 8.57. The molecule has 0 spiro atoms. The second kappa shape index (κ2) is 13.0. The van der Waals surface area contributed by atoms with Gasteiger partial charge >= 0.3 is 0 Å². The van der Waals surface area contributed by atoms with Crippen molar-refractivity contribution in [1.29, 1.82) is 0 Å². The van der Waals surface area contributed by atoms with Crippen LogP contribution in [0, 0.1) is 0 Å². The number of ether oxygens (including phenoxy) is 3. The molecular weight excluding hydrogens is 428 g/mol. The molecule has 0 radical (unpaired) electrons. The number of aryl methyl sites for hydroxylation is 1. The van der Waals surface area contributed by atoms with Crippen molar-refractivity contribution in [1.82, 2.24) is 10.2 Å². The zero-order valence-corrected chi connectivity index (χ0v) is 21.0. The molecule has 6 heteroatoms. The summed E-state index contributed by atoms with van der Waals surface area (Å²) in [6, 6.07) is 12.2. The van der Waals surface area contributed by atoms with Gasteiger partial charge in [0.15, 0.2) is 11.5 Å². The molecule has 0 aromatic heterocycles. The molecule has 0 atom stereocenters. The van der Waals surface area contributed by atoms with E-state index in [0.717, 1.165) is 74.4 Å². The Kier molecular flexibility index (Phi) is 9.83. The average molecular weight is 467 g/mol. The number of nitrogens with one attached hydrogen (secondary N) is 1. The molecule has 3 rings (SSSR count). The maximum atomic E-state index is 12.7. The first-order valence-electron chi connectivity index (χ1n) is 12.2. The Morgan fingerprint density at radius 3 is 2.41 bits per heavy atom. The van der Waals surface area contributed by atoms with E-state index in [0.29, 0.717) is 12.3 Å². The molecule has 1 amide bonds. The quantitative estimate of drug-likeness (QED) is 0.428. The van der Waals surface area contributed by atoms with Crippen molar-refractivity contribution in [3.05, 3.63) is 58.7 Å². The van der Waals surface area contributed by atoms with Gasteiger partial charge in [0.05, 0.1) is 21.3 Å². The highest BCUT2D eigenvalue weighted by Gasteiger charge is 2.18. The SMILES string of the molecule is CCN(CCCCCNC(=O)C1=Cc2cc(OC)c(OC)cc2CC1)Cc1ccccc1OC. The topological polar surface area (TPSA) is 60.0 Å². The first-order chi connectivity index (χ1) is 16.6. The smallest absolute Gasteiger partial charge is 0.247 e. The number of hydrogen-bond acceptors (Lipinski definition) is 5. The highest BCUT2D eigenvalue weighted by molar-refractivity contribution is 5.98. The van der Waals surface area contributed by atoms with E-state index in [1.165, 1.54) is 11.1 Å². The summed E-state index contributed by atoms with van der Waals surface area (Å²) in [6.07, 6.45) is 6.72. The molecule has 1 aliphatic carbocycles. The lowest BCUT2D eigenvalue weighted by Gasteiger charge is -2.21. The van der Waals surface area contributed by atoms with Crippen molar-refractivity contribution in [2.24, 2.45) is 0 Å². The van der Waals surface area contributed by atoms with Gasteiger partial charge in [-0.25, -0.2) is 0 Å². The summed E-state index contributed by atoms with van der Waals surface area (Å²) in [5.41, 5.74) is 4.26. The van der Waals surface area contributed by atoms with Gasteiger partial charge in [-0.2, -0.15) is 0 Å². The Morgan fingerprint density at radius 1 is 0.941 bits per heavy atom. The molecule has 2 aromatic carbocycles. The van der Waals surface area contributed by atoms with E-state index >= 15 is 0 Å². The van der Waals surface area contributed by atoms with Crippen LogP contribution < -0.4 is 19.5 Å². The average Bonchev–Trinajstić information content (AvgIpc) is 2.88. The molecule has 1 N–H and O–H groups in total. The van der Waals surface area contributed by atoms with Crippen LogP contribution >= 0.6 is 0 Å². The molecule has 2 aromatic rings. The monoisotopic (exact) mass is 466 g/mol. The summed E-state index contributed by atoms with van der Waals surface area (Å²) >= 11 is 0. The van der Waals surface area contributed by atoms with E-state index in [1.54, 1.807) is 21.3 Å². The van der Waals surface area contributed by atoms with Gasteiger partial charge in [-0.05, 0) is 74.2 Å². The summed E-state index contributed by atoms with van der Waals surface area (Å²) < 4.78 is 16.3. The molecule has 0 heterocycles. The number of amides is 1. The van der Waals surface area contributed by atoms with E-state index in [-0.39, 0.29) is 5.91 Å². The highest BCUT2D eigenvalue weighted by Crippen LogP contribution is 2.35. The van der Waals surface area contributed by atoms with Crippen molar-refractivity contribution >= 4 is 12.0 Å². The van der Waals surface area contributed by atoms with Crippen LogP contribution in [0.4, 0.5) is 0 Å². The third-order valence-corrected chi connectivity index (χ3v) is 6.40. The van der Waals surface area contributed by atoms with Gasteiger partial charge in [0.25, 0.3) is 0 Å². The minimum atomic E-state index is 0.0341. The van der Waals surface area contributed by atoms with Crippen LogP contribution in [0.1, 0.15) is 49.3 Å². The van der Waals surface area contributed by atoms with Crippen molar-refractivity contribution in [2.45, 2.75) is 45.6 Å². The molecule has 0 fully saturated rings. The second-order valence-electron chi connectivity index (χ2n) is 8.57. The normalized spacial score (nSPS) is 12.7. The van der Waals surface area contributed by atoms with Crippen LogP contribution in [0.15, 0.2) is 42.0 Å². The third kappa shape index (κ3) is 6.76. The number of benzene rings is 2. The van der Waals surface area contributed by atoms with Gasteiger partial charge in [-0.15, -0.1) is 0 Å². The largest absolute Gasteiger partial charge is 0.496 e. The van der Waals surface area contributed by atoms with E-state index in [4.69, 9.17) is 14.2 Å². The van der Waals surface area contributed by atoms with Crippen molar-refractivity contribution < 1.29 is 19.0 Å². The number of unbranched alkanes of at least 4 members (excludes halogenated alkanes) is 2. The zero-order valence-electron chi connectivity index (χ0n) is 21.0. The molecule has 0 aliphatic heterocycles. The Hall–Kier alpha value is -2.99. The first kappa shape index (κ1) is 25.6. The standard InChI is InChI=1S/C28H38N2O4/c1-5-30(20-23-11-7-8-12-25(23)32-2)16-10-6-9-15-29-28(31)22-14-13-21-18-26(33-3)27(34-4)19-24(21)17-22/h7-8,11-12,17-19H,5-6,9-10,13-16,20H2,1-4H3,(H,29,31). The highest BCUT2D eigenvalue weighted by atomic mass is 16.5. The van der Waals surface area contributed by atoms with Crippen LogP contribution in [-0.4, -0.2) is 51.8 Å². The van der Waals surface area contributed by atoms with Gasteiger partial charge in [-0.3, -0.25) is 9.69 Å². The fraction of sp³-hybridized carbons (Fsp3) is 0.464. The summed E-state index contributed by atoms with van der Waals surface area (Å²) in [5, 5.41) is 3.10. The van der Waals surface area contributed by atoms with Gasteiger partial charge in [0.1, 0.15) is 5.75 Å². The Labute approximate surface area is 203 Å². The maximum absolute atomic E-state index is 12.7. The lowest BCUT2D eigenvalue weighted by molar-refractivity contribution is -0.117. The van der Waals surface area contributed by atoms with Gasteiger partial charge in [0.2, 0.25) is 5.91 Å². The minimum absolute atomic E-state index is 0.0341. The summed E-state index contributed by atoms with van der Waals surface area (Å²) in [7, 11) is 4.99. The number of carbonyl (C=O) groups excluding carboxylic acids is 1. The molecule has 34 heavy (non-hydrogen) atoms. The third-order valence-electron chi connectivity index (χ3n) is 6.40. The van der Waals surface area contributed by atoms with Gasteiger partial charge in [0, 0.05) is 24.2 Å². The predicted octanol–water partition coefficient (Wildman–Crippen LogP) is 4.85. The summed E-state index contributed by atoms with van der Waals surface area (Å²) in [5.74, 6) is 2.39. The van der Waals surface area contributed by atoms with Crippen molar-refractivity contribution in [2.75, 3.05) is 41.0 Å². The maximum Gasteiger partial charge on any atom is 0.247 e. The van der Waals surface area contributed by atoms with E-state index in [1.807, 2.05) is 30.3 Å². The summed E-state index contributed by atoms with van der Waals surface area (Å²) in [6.45, 7) is 5.82. The van der Waals surface area contributed by atoms with Gasteiger partial charge < -0.3 is 19.5 Å². The number of methoxy groups -OCH3 is 3. The lowest BCUT2D eigenvalue weighted by Crippen LogP contribution is -2.27. The van der Waals surface area contributed by atoms with Crippen molar-refractivity contribution in [3.63, 3.8) is 0 Å². The van der Waals surface area contributed by atoms with Crippen molar-refractivity contribution in [3.8, 4) is 17.2 Å². The molecule has 6 nitrogen and oxygen atoms in total. The zero-order chi connectivity index (χ0) is 24.3. The van der Waals surface area contributed by atoms with E-state index in [2.05, 4.69) is 29.3 Å². The van der Waals surface area contributed by atoms with Crippen LogP contribution in [0.5, 0.6) is 17.2 Å². The predicted molar refractivity (Wildman–Crippen MR) is 137 cm³/mol.